The standard InChI is InChI=1S/C13H15F4NO3/c1-5-7-18(12(2,3)4)10(19)11(20)21-8-6-9(14)13(15,16)17/h1,6H,7-8H2,2-4H3/b9-6-. The second-order valence-corrected chi connectivity index (χ2v) is 4.91. The summed E-state index contributed by atoms with van der Waals surface area (Å²) in [5, 5.41) is 0. The van der Waals surface area contributed by atoms with E-state index in [0.717, 1.165) is 4.90 Å². The molecule has 0 saturated carbocycles. The molecular weight excluding hydrogens is 294 g/mol. The van der Waals surface area contributed by atoms with Crippen LogP contribution in [0.4, 0.5) is 17.6 Å². The van der Waals surface area contributed by atoms with Gasteiger partial charge >= 0.3 is 18.1 Å². The zero-order chi connectivity index (χ0) is 16.8. The van der Waals surface area contributed by atoms with Crippen molar-refractivity contribution in [1.29, 1.82) is 0 Å². The molecule has 0 atom stereocenters. The summed E-state index contributed by atoms with van der Waals surface area (Å²) in [6, 6.07) is 0. The Labute approximate surface area is 119 Å². The van der Waals surface area contributed by atoms with Crippen LogP contribution in [0, 0.1) is 12.3 Å². The lowest BCUT2D eigenvalue weighted by Crippen LogP contribution is -2.49. The number of nitrogens with zero attached hydrogens (tertiary/aromatic N) is 1. The van der Waals surface area contributed by atoms with Gasteiger partial charge in [0.1, 0.15) is 6.61 Å². The maximum Gasteiger partial charge on any atom is 0.442 e. The van der Waals surface area contributed by atoms with Crippen molar-refractivity contribution in [3.63, 3.8) is 0 Å². The van der Waals surface area contributed by atoms with Crippen LogP contribution in [0.3, 0.4) is 0 Å². The van der Waals surface area contributed by atoms with Crippen molar-refractivity contribution in [2.24, 2.45) is 0 Å². The average molecular weight is 309 g/mol. The topological polar surface area (TPSA) is 46.6 Å². The van der Waals surface area contributed by atoms with Gasteiger partial charge in [0.25, 0.3) is 0 Å². The molecule has 21 heavy (non-hydrogen) atoms. The number of hydrogen-bond acceptors (Lipinski definition) is 3. The molecular formula is C13H15F4NO3. The summed E-state index contributed by atoms with van der Waals surface area (Å²) in [6.07, 6.45) is -0.0621. The maximum atomic E-state index is 12.5. The summed E-state index contributed by atoms with van der Waals surface area (Å²) in [4.78, 5) is 24.2. The van der Waals surface area contributed by atoms with E-state index in [0.29, 0.717) is 0 Å². The van der Waals surface area contributed by atoms with Crippen molar-refractivity contribution in [2.45, 2.75) is 32.5 Å². The molecule has 0 unspecified atom stereocenters. The average Bonchev–Trinajstić information content (AvgIpc) is 2.32. The molecule has 0 N–H and O–H groups in total. The molecule has 0 fully saturated rings. The molecule has 0 aliphatic rings. The van der Waals surface area contributed by atoms with Crippen molar-refractivity contribution >= 4 is 11.9 Å². The van der Waals surface area contributed by atoms with E-state index in [1.54, 1.807) is 20.8 Å². The second kappa shape index (κ2) is 7.11. The first-order valence-corrected chi connectivity index (χ1v) is 5.76. The van der Waals surface area contributed by atoms with Crippen LogP contribution < -0.4 is 0 Å². The third kappa shape index (κ3) is 6.29. The Balaban J connectivity index is 4.74. The van der Waals surface area contributed by atoms with Crippen LogP contribution in [-0.2, 0) is 14.3 Å². The highest BCUT2D eigenvalue weighted by molar-refractivity contribution is 6.32. The van der Waals surface area contributed by atoms with E-state index in [9.17, 15) is 27.2 Å². The molecule has 0 aliphatic heterocycles. The molecule has 0 aromatic heterocycles. The van der Waals surface area contributed by atoms with Gasteiger partial charge in [-0.05, 0) is 26.8 Å². The van der Waals surface area contributed by atoms with E-state index in [1.165, 1.54) is 0 Å². The second-order valence-electron chi connectivity index (χ2n) is 4.91. The fourth-order valence-electron chi connectivity index (χ4n) is 1.18. The summed E-state index contributed by atoms with van der Waals surface area (Å²) in [5.74, 6) is -2.74. The molecule has 4 nitrogen and oxygen atoms in total. The number of halogens is 4. The minimum absolute atomic E-state index is 0.0216. The highest BCUT2D eigenvalue weighted by atomic mass is 19.4. The molecule has 0 aromatic rings. The van der Waals surface area contributed by atoms with E-state index in [1.807, 2.05) is 0 Å². The maximum absolute atomic E-state index is 12.5. The molecule has 0 aliphatic carbocycles. The predicted octanol–water partition coefficient (Wildman–Crippen LogP) is 2.21. The number of rotatable bonds is 3. The van der Waals surface area contributed by atoms with Crippen LogP contribution in [0.25, 0.3) is 0 Å². The van der Waals surface area contributed by atoms with Crippen molar-refractivity contribution < 1.29 is 31.9 Å². The predicted molar refractivity (Wildman–Crippen MR) is 66.5 cm³/mol. The summed E-state index contributed by atoms with van der Waals surface area (Å²) in [6.45, 7) is 3.64. The third-order valence-electron chi connectivity index (χ3n) is 2.23. The smallest absolute Gasteiger partial charge is 0.442 e. The third-order valence-corrected chi connectivity index (χ3v) is 2.23. The first-order chi connectivity index (χ1) is 9.41. The lowest BCUT2D eigenvalue weighted by Gasteiger charge is -2.33. The fourth-order valence-corrected chi connectivity index (χ4v) is 1.18. The molecule has 1 amide bonds. The van der Waals surface area contributed by atoms with Crippen molar-refractivity contribution in [2.75, 3.05) is 13.2 Å². The molecule has 0 saturated heterocycles. The first-order valence-electron chi connectivity index (χ1n) is 5.76. The number of hydrogen-bond donors (Lipinski definition) is 0. The van der Waals surface area contributed by atoms with E-state index in [2.05, 4.69) is 10.7 Å². The number of esters is 1. The Morgan fingerprint density at radius 3 is 2.19 bits per heavy atom. The van der Waals surface area contributed by atoms with Gasteiger partial charge in [-0.3, -0.25) is 4.79 Å². The number of carbonyl (C=O) groups excluding carboxylic acids is 2. The number of terminal acetylenes is 1. The minimum Gasteiger partial charge on any atom is -0.454 e. The van der Waals surface area contributed by atoms with Crippen molar-refractivity contribution in [3.8, 4) is 12.3 Å². The van der Waals surface area contributed by atoms with Crippen molar-refractivity contribution in [1.82, 2.24) is 4.90 Å². The van der Waals surface area contributed by atoms with E-state index < -0.39 is 36.0 Å². The highest BCUT2D eigenvalue weighted by Gasteiger charge is 2.35. The molecule has 0 radical (unpaired) electrons. The lowest BCUT2D eigenvalue weighted by atomic mass is 10.1. The molecule has 0 bridgehead atoms. The van der Waals surface area contributed by atoms with Gasteiger partial charge in [0.15, 0.2) is 0 Å². The van der Waals surface area contributed by atoms with Crippen LogP contribution in [0.1, 0.15) is 20.8 Å². The molecule has 0 rings (SSSR count). The quantitative estimate of drug-likeness (QED) is 0.347. The van der Waals surface area contributed by atoms with Crippen LogP contribution in [0.2, 0.25) is 0 Å². The first kappa shape index (κ1) is 19.0. The molecule has 0 spiro atoms. The fraction of sp³-hybridized carbons (Fsp3) is 0.538. The van der Waals surface area contributed by atoms with Gasteiger partial charge in [0.2, 0.25) is 5.83 Å². The number of carbonyl (C=O) groups is 2. The molecule has 0 heterocycles. The van der Waals surface area contributed by atoms with Gasteiger partial charge in [-0.1, -0.05) is 5.92 Å². The summed E-state index contributed by atoms with van der Waals surface area (Å²) >= 11 is 0. The summed E-state index contributed by atoms with van der Waals surface area (Å²) in [5.41, 5.74) is -0.782. The summed E-state index contributed by atoms with van der Waals surface area (Å²) < 4.78 is 52.2. The Morgan fingerprint density at radius 2 is 1.81 bits per heavy atom. The normalized spacial score (nSPS) is 12.6. The lowest BCUT2D eigenvalue weighted by molar-refractivity contribution is -0.161. The van der Waals surface area contributed by atoms with Gasteiger partial charge in [-0.15, -0.1) is 6.42 Å². The van der Waals surface area contributed by atoms with Gasteiger partial charge in [0, 0.05) is 5.54 Å². The number of amides is 1. The monoisotopic (exact) mass is 309 g/mol. The largest absolute Gasteiger partial charge is 0.454 e. The zero-order valence-electron chi connectivity index (χ0n) is 11.8. The number of alkyl halides is 3. The molecule has 0 aromatic carbocycles. The van der Waals surface area contributed by atoms with Gasteiger partial charge in [-0.25, -0.2) is 9.18 Å². The van der Waals surface area contributed by atoms with E-state index >= 15 is 0 Å². The summed E-state index contributed by atoms with van der Waals surface area (Å²) in [7, 11) is 0. The van der Waals surface area contributed by atoms with Crippen molar-refractivity contribution in [3.05, 3.63) is 11.9 Å². The number of ether oxygens (including phenoxy) is 1. The molecule has 8 heteroatoms. The van der Waals surface area contributed by atoms with E-state index in [-0.39, 0.29) is 12.6 Å². The highest BCUT2D eigenvalue weighted by Crippen LogP contribution is 2.26. The van der Waals surface area contributed by atoms with Gasteiger partial charge in [0.05, 0.1) is 6.54 Å². The van der Waals surface area contributed by atoms with Crippen LogP contribution >= 0.6 is 0 Å². The van der Waals surface area contributed by atoms with Gasteiger partial charge in [-0.2, -0.15) is 13.2 Å². The minimum atomic E-state index is -5.16. The Kier molecular flexibility index (Phi) is 6.42. The zero-order valence-corrected chi connectivity index (χ0v) is 11.8. The SMILES string of the molecule is C#CCN(C(=O)C(=O)OC/C=C(\F)C(F)(F)F)C(C)(C)C. The van der Waals surface area contributed by atoms with Crippen LogP contribution in [-0.4, -0.2) is 41.6 Å². The Bertz CT molecular complexity index is 469. The van der Waals surface area contributed by atoms with Crippen LogP contribution in [0.15, 0.2) is 11.9 Å². The van der Waals surface area contributed by atoms with Gasteiger partial charge < -0.3 is 9.64 Å². The van der Waals surface area contributed by atoms with E-state index in [4.69, 9.17) is 6.42 Å². The Hall–Kier alpha value is -2.04. The van der Waals surface area contributed by atoms with Crippen LogP contribution in [0.5, 0.6) is 0 Å². The molecule has 118 valence electrons. The number of allylic oxidation sites excluding steroid dienone is 1. The Morgan fingerprint density at radius 1 is 1.29 bits per heavy atom.